The van der Waals surface area contributed by atoms with E-state index < -0.39 is 0 Å². The summed E-state index contributed by atoms with van der Waals surface area (Å²) in [5.41, 5.74) is 2.50. The minimum Gasteiger partial charge on any atom is -0.336 e. The number of carbonyl (C=O) groups is 1. The number of amides is 1. The molecule has 1 amide bonds. The quantitative estimate of drug-likeness (QED) is 0.874. The Bertz CT molecular complexity index is 703. The second-order valence-electron chi connectivity index (χ2n) is 6.80. The fraction of sp³-hybridized carbons (Fsp3) is 0.474. The second-order valence-corrected chi connectivity index (χ2v) is 6.80. The fourth-order valence-electron chi connectivity index (χ4n) is 3.25. The third kappa shape index (κ3) is 3.53. The number of piperazine rings is 1. The molecule has 1 fully saturated rings. The van der Waals surface area contributed by atoms with E-state index in [1.54, 1.807) is 0 Å². The molecule has 3 rings (SSSR count). The molecule has 0 aliphatic carbocycles. The zero-order valence-electron chi connectivity index (χ0n) is 14.2. The van der Waals surface area contributed by atoms with E-state index in [1.165, 1.54) is 0 Å². The molecular weight excluding hydrogens is 286 g/mol. The maximum Gasteiger partial charge on any atom is 0.255 e. The molecule has 1 saturated heterocycles. The Kier molecular flexibility index (Phi) is 4.62. The predicted molar refractivity (Wildman–Crippen MR) is 93.7 cm³/mol. The van der Waals surface area contributed by atoms with Gasteiger partial charge in [-0.05, 0) is 25.0 Å². The molecule has 1 aliphatic rings. The van der Waals surface area contributed by atoms with Crippen LogP contribution < -0.4 is 0 Å². The van der Waals surface area contributed by atoms with Crippen LogP contribution in [-0.2, 0) is 0 Å². The van der Waals surface area contributed by atoms with Gasteiger partial charge < -0.3 is 4.90 Å². The van der Waals surface area contributed by atoms with Crippen LogP contribution >= 0.6 is 0 Å². The van der Waals surface area contributed by atoms with Crippen molar-refractivity contribution in [3.8, 4) is 0 Å². The first kappa shape index (κ1) is 15.9. The lowest BCUT2D eigenvalue weighted by Gasteiger charge is -2.35. The van der Waals surface area contributed by atoms with Gasteiger partial charge in [0, 0.05) is 38.1 Å². The van der Waals surface area contributed by atoms with E-state index in [4.69, 9.17) is 0 Å². The number of rotatable bonds is 3. The van der Waals surface area contributed by atoms with Crippen LogP contribution in [0, 0.1) is 12.8 Å². The zero-order valence-corrected chi connectivity index (χ0v) is 14.2. The molecule has 0 N–H and O–H groups in total. The summed E-state index contributed by atoms with van der Waals surface area (Å²) in [5.74, 6) is 0.786. The van der Waals surface area contributed by atoms with E-state index in [0.29, 0.717) is 5.92 Å². The fourth-order valence-corrected chi connectivity index (χ4v) is 3.25. The molecule has 2 aromatic rings. The van der Waals surface area contributed by atoms with Gasteiger partial charge in [-0.15, -0.1) is 0 Å². The summed E-state index contributed by atoms with van der Waals surface area (Å²) in [6.45, 7) is 11.0. The van der Waals surface area contributed by atoms with Crippen molar-refractivity contribution < 1.29 is 4.79 Å². The highest BCUT2D eigenvalue weighted by Gasteiger charge is 2.24. The highest BCUT2D eigenvalue weighted by Crippen LogP contribution is 2.18. The van der Waals surface area contributed by atoms with Crippen LogP contribution in [0.15, 0.2) is 30.3 Å². The van der Waals surface area contributed by atoms with Gasteiger partial charge in [-0.1, -0.05) is 32.0 Å². The standard InChI is InChI=1S/C19H25N3O/c1-14(2)13-21-8-10-22(11-9-21)19(23)17-12-16-6-4-5-7-18(16)20-15(17)3/h4-7,12,14H,8-11,13H2,1-3H3. The van der Waals surface area contributed by atoms with Gasteiger partial charge in [-0.3, -0.25) is 14.7 Å². The Balaban J connectivity index is 1.75. The summed E-state index contributed by atoms with van der Waals surface area (Å²) in [6, 6.07) is 9.95. The Labute approximate surface area is 138 Å². The highest BCUT2D eigenvalue weighted by atomic mass is 16.2. The molecule has 0 saturated carbocycles. The van der Waals surface area contributed by atoms with E-state index in [-0.39, 0.29) is 5.91 Å². The van der Waals surface area contributed by atoms with Gasteiger partial charge in [-0.25, -0.2) is 0 Å². The molecule has 1 aliphatic heterocycles. The van der Waals surface area contributed by atoms with Crippen LogP contribution in [0.3, 0.4) is 0 Å². The van der Waals surface area contributed by atoms with Crippen molar-refractivity contribution in [3.05, 3.63) is 41.6 Å². The van der Waals surface area contributed by atoms with Crippen molar-refractivity contribution in [2.24, 2.45) is 5.92 Å². The third-order valence-electron chi connectivity index (χ3n) is 4.43. The van der Waals surface area contributed by atoms with Gasteiger partial charge in [0.2, 0.25) is 0 Å². The lowest BCUT2D eigenvalue weighted by molar-refractivity contribution is 0.0623. The number of aromatic nitrogens is 1. The van der Waals surface area contributed by atoms with Gasteiger partial charge in [-0.2, -0.15) is 0 Å². The van der Waals surface area contributed by atoms with Crippen LogP contribution in [-0.4, -0.2) is 53.4 Å². The van der Waals surface area contributed by atoms with E-state index in [2.05, 4.69) is 23.7 Å². The van der Waals surface area contributed by atoms with E-state index in [1.807, 2.05) is 42.2 Å². The van der Waals surface area contributed by atoms with Gasteiger partial charge >= 0.3 is 0 Å². The molecule has 0 atom stereocenters. The topological polar surface area (TPSA) is 36.4 Å². The van der Waals surface area contributed by atoms with Crippen molar-refractivity contribution in [1.82, 2.24) is 14.8 Å². The molecule has 0 spiro atoms. The Morgan fingerprint density at radius 3 is 2.57 bits per heavy atom. The first-order valence-corrected chi connectivity index (χ1v) is 8.42. The first-order valence-electron chi connectivity index (χ1n) is 8.42. The van der Waals surface area contributed by atoms with Gasteiger partial charge in [0.25, 0.3) is 5.91 Å². The Morgan fingerprint density at radius 2 is 1.87 bits per heavy atom. The number of benzene rings is 1. The SMILES string of the molecule is Cc1nc2ccccc2cc1C(=O)N1CCN(CC(C)C)CC1. The molecule has 1 aromatic carbocycles. The van der Waals surface area contributed by atoms with E-state index >= 15 is 0 Å². The van der Waals surface area contributed by atoms with E-state index in [9.17, 15) is 4.79 Å². The molecule has 4 nitrogen and oxygen atoms in total. The monoisotopic (exact) mass is 311 g/mol. The van der Waals surface area contributed by atoms with Crippen LogP contribution in [0.1, 0.15) is 29.9 Å². The average Bonchev–Trinajstić information content (AvgIpc) is 2.54. The largest absolute Gasteiger partial charge is 0.336 e. The molecular formula is C19H25N3O. The minimum absolute atomic E-state index is 0.116. The van der Waals surface area contributed by atoms with Gasteiger partial charge in [0.15, 0.2) is 0 Å². The molecule has 0 unspecified atom stereocenters. The van der Waals surface area contributed by atoms with Crippen molar-refractivity contribution >= 4 is 16.8 Å². The number of para-hydroxylation sites is 1. The number of hydrogen-bond donors (Lipinski definition) is 0. The summed E-state index contributed by atoms with van der Waals surface area (Å²) < 4.78 is 0. The predicted octanol–water partition coefficient (Wildman–Crippen LogP) is 2.96. The van der Waals surface area contributed by atoms with Crippen molar-refractivity contribution in [3.63, 3.8) is 0 Å². The molecule has 2 heterocycles. The minimum atomic E-state index is 0.116. The summed E-state index contributed by atoms with van der Waals surface area (Å²) in [4.78, 5) is 21.9. The first-order chi connectivity index (χ1) is 11.0. The molecule has 0 bridgehead atoms. The van der Waals surface area contributed by atoms with Gasteiger partial charge in [0.1, 0.15) is 0 Å². The zero-order chi connectivity index (χ0) is 16.4. The lowest BCUT2D eigenvalue weighted by atomic mass is 10.1. The van der Waals surface area contributed by atoms with Crippen molar-refractivity contribution in [1.29, 1.82) is 0 Å². The molecule has 4 heteroatoms. The molecule has 0 radical (unpaired) electrons. The van der Waals surface area contributed by atoms with Crippen LogP contribution in [0.25, 0.3) is 10.9 Å². The van der Waals surface area contributed by atoms with Crippen LogP contribution in [0.4, 0.5) is 0 Å². The molecule has 122 valence electrons. The number of hydrogen-bond acceptors (Lipinski definition) is 3. The number of carbonyl (C=O) groups excluding carboxylic acids is 1. The summed E-state index contributed by atoms with van der Waals surface area (Å²) in [5, 5.41) is 1.03. The van der Waals surface area contributed by atoms with Gasteiger partial charge in [0.05, 0.1) is 16.8 Å². The molecule has 23 heavy (non-hydrogen) atoms. The number of aryl methyl sites for hydroxylation is 1. The summed E-state index contributed by atoms with van der Waals surface area (Å²) in [6.07, 6.45) is 0. The Hall–Kier alpha value is -1.94. The van der Waals surface area contributed by atoms with Crippen molar-refractivity contribution in [2.45, 2.75) is 20.8 Å². The maximum absolute atomic E-state index is 12.9. The number of pyridine rings is 1. The maximum atomic E-state index is 12.9. The van der Waals surface area contributed by atoms with E-state index in [0.717, 1.165) is 54.9 Å². The second kappa shape index (κ2) is 6.67. The third-order valence-corrected chi connectivity index (χ3v) is 4.43. The smallest absolute Gasteiger partial charge is 0.255 e. The average molecular weight is 311 g/mol. The lowest BCUT2D eigenvalue weighted by Crippen LogP contribution is -2.49. The molecule has 1 aromatic heterocycles. The van der Waals surface area contributed by atoms with Crippen molar-refractivity contribution in [2.75, 3.05) is 32.7 Å². The summed E-state index contributed by atoms with van der Waals surface area (Å²) >= 11 is 0. The normalized spacial score (nSPS) is 16.3. The Morgan fingerprint density at radius 1 is 1.17 bits per heavy atom. The number of nitrogens with zero attached hydrogens (tertiary/aromatic N) is 3. The number of fused-ring (bicyclic) bond motifs is 1. The van der Waals surface area contributed by atoms with Crippen LogP contribution in [0.2, 0.25) is 0 Å². The summed E-state index contributed by atoms with van der Waals surface area (Å²) in [7, 11) is 0. The highest BCUT2D eigenvalue weighted by molar-refractivity contribution is 5.98. The van der Waals surface area contributed by atoms with Crippen LogP contribution in [0.5, 0.6) is 0 Å².